The van der Waals surface area contributed by atoms with Gasteiger partial charge in [0.05, 0.1) is 17.1 Å². The summed E-state index contributed by atoms with van der Waals surface area (Å²) < 4.78 is 0. The van der Waals surface area contributed by atoms with E-state index in [0.29, 0.717) is 13.1 Å². The first-order valence-electron chi connectivity index (χ1n) is 6.42. The van der Waals surface area contributed by atoms with Crippen LogP contribution in [0.25, 0.3) is 0 Å². The van der Waals surface area contributed by atoms with Crippen molar-refractivity contribution < 1.29 is 4.92 Å². The van der Waals surface area contributed by atoms with Crippen LogP contribution in [-0.4, -0.2) is 41.1 Å². The van der Waals surface area contributed by atoms with E-state index in [1.165, 1.54) is 11.2 Å². The van der Waals surface area contributed by atoms with Crippen LogP contribution in [-0.2, 0) is 0 Å². The van der Waals surface area contributed by atoms with Gasteiger partial charge in [0.25, 0.3) is 0 Å². The summed E-state index contributed by atoms with van der Waals surface area (Å²) in [5, 5.41) is 29.0. The standard InChI is InChI=1S/C12H13N7O2/c13-3-7-18(8-4-14)12-10(19(20)21)11(15-9-16-12)17-5-1-2-6-17/h9H,1-2,5-8H2. The Kier molecular flexibility index (Phi) is 4.46. The van der Waals surface area contributed by atoms with Crippen LogP contribution in [0, 0.1) is 32.8 Å². The maximum atomic E-state index is 11.4. The second-order valence-electron chi connectivity index (χ2n) is 4.49. The molecule has 2 heterocycles. The van der Waals surface area contributed by atoms with Crippen LogP contribution in [0.15, 0.2) is 6.33 Å². The zero-order chi connectivity index (χ0) is 15.2. The van der Waals surface area contributed by atoms with Crippen LogP contribution in [0.1, 0.15) is 12.8 Å². The van der Waals surface area contributed by atoms with E-state index in [4.69, 9.17) is 10.5 Å². The first-order valence-corrected chi connectivity index (χ1v) is 6.42. The summed E-state index contributed by atoms with van der Waals surface area (Å²) >= 11 is 0. The molecule has 9 nitrogen and oxygen atoms in total. The highest BCUT2D eigenvalue weighted by atomic mass is 16.6. The summed E-state index contributed by atoms with van der Waals surface area (Å²) in [5.74, 6) is 0.267. The molecule has 0 N–H and O–H groups in total. The molecule has 0 saturated carbocycles. The third kappa shape index (κ3) is 2.98. The molecule has 108 valence electrons. The Labute approximate surface area is 121 Å². The van der Waals surface area contributed by atoms with Crippen LogP contribution in [0.5, 0.6) is 0 Å². The van der Waals surface area contributed by atoms with Crippen molar-refractivity contribution in [2.45, 2.75) is 12.8 Å². The third-order valence-corrected chi connectivity index (χ3v) is 3.19. The van der Waals surface area contributed by atoms with Crippen molar-refractivity contribution in [3.8, 4) is 12.1 Å². The van der Waals surface area contributed by atoms with Gasteiger partial charge in [-0.15, -0.1) is 0 Å². The molecule has 9 heteroatoms. The number of nitro groups is 1. The molecule has 0 amide bonds. The van der Waals surface area contributed by atoms with Gasteiger partial charge in [-0.1, -0.05) is 0 Å². The molecule has 1 aliphatic rings. The Hall–Kier alpha value is -2.94. The van der Waals surface area contributed by atoms with E-state index in [1.54, 1.807) is 0 Å². The van der Waals surface area contributed by atoms with Crippen molar-refractivity contribution in [1.82, 2.24) is 9.97 Å². The van der Waals surface area contributed by atoms with E-state index in [0.717, 1.165) is 12.8 Å². The fourth-order valence-electron chi connectivity index (χ4n) is 2.29. The number of anilines is 2. The van der Waals surface area contributed by atoms with E-state index in [-0.39, 0.29) is 30.4 Å². The van der Waals surface area contributed by atoms with E-state index < -0.39 is 4.92 Å². The van der Waals surface area contributed by atoms with Crippen molar-refractivity contribution in [2.75, 3.05) is 36.0 Å². The van der Waals surface area contributed by atoms with Crippen LogP contribution in [0.4, 0.5) is 17.3 Å². The van der Waals surface area contributed by atoms with Crippen molar-refractivity contribution >= 4 is 17.3 Å². The lowest BCUT2D eigenvalue weighted by Crippen LogP contribution is -2.28. The summed E-state index contributed by atoms with van der Waals surface area (Å²) in [6, 6.07) is 3.77. The number of hydrogen-bond acceptors (Lipinski definition) is 8. The largest absolute Gasteiger partial charge is 0.353 e. The summed E-state index contributed by atoms with van der Waals surface area (Å²) in [5.41, 5.74) is -0.245. The molecule has 0 aromatic carbocycles. The Morgan fingerprint density at radius 1 is 1.29 bits per heavy atom. The lowest BCUT2D eigenvalue weighted by Gasteiger charge is -2.20. The summed E-state index contributed by atoms with van der Waals surface area (Å²) in [6.45, 7) is 1.11. The van der Waals surface area contributed by atoms with Gasteiger partial charge >= 0.3 is 5.69 Å². The van der Waals surface area contributed by atoms with Gasteiger partial charge in [-0.3, -0.25) is 10.1 Å². The third-order valence-electron chi connectivity index (χ3n) is 3.19. The van der Waals surface area contributed by atoms with Gasteiger partial charge in [0.15, 0.2) is 0 Å². The molecule has 1 aliphatic heterocycles. The number of hydrogen-bond donors (Lipinski definition) is 0. The van der Waals surface area contributed by atoms with Crippen LogP contribution >= 0.6 is 0 Å². The van der Waals surface area contributed by atoms with E-state index >= 15 is 0 Å². The molecular formula is C12H13N7O2. The molecule has 0 atom stereocenters. The minimum absolute atomic E-state index is 0.0139. The molecule has 1 fully saturated rings. The van der Waals surface area contributed by atoms with Gasteiger partial charge in [-0.05, 0) is 12.8 Å². The first kappa shape index (κ1) is 14.5. The number of nitrogens with zero attached hydrogens (tertiary/aromatic N) is 7. The second-order valence-corrected chi connectivity index (χ2v) is 4.49. The number of aromatic nitrogens is 2. The molecule has 1 aromatic heterocycles. The highest BCUT2D eigenvalue weighted by Gasteiger charge is 2.30. The monoisotopic (exact) mass is 287 g/mol. The Morgan fingerprint density at radius 3 is 2.43 bits per heavy atom. The molecule has 1 aromatic rings. The molecule has 0 aliphatic carbocycles. The summed E-state index contributed by atoms with van der Waals surface area (Å²) in [7, 11) is 0. The molecule has 2 rings (SSSR count). The minimum atomic E-state index is -0.551. The van der Waals surface area contributed by atoms with Crippen LogP contribution < -0.4 is 9.80 Å². The van der Waals surface area contributed by atoms with E-state index in [1.807, 2.05) is 17.0 Å². The zero-order valence-electron chi connectivity index (χ0n) is 11.3. The Balaban J connectivity index is 2.50. The predicted octanol–water partition coefficient (Wildman–Crippen LogP) is 0.839. The molecule has 0 spiro atoms. The van der Waals surface area contributed by atoms with E-state index in [2.05, 4.69) is 9.97 Å². The SMILES string of the molecule is N#CCN(CC#N)c1ncnc(N2CCCC2)c1[N+](=O)[O-]. The molecule has 21 heavy (non-hydrogen) atoms. The van der Waals surface area contributed by atoms with Gasteiger partial charge in [0, 0.05) is 13.1 Å². The maximum Gasteiger partial charge on any atom is 0.353 e. The van der Waals surface area contributed by atoms with Crippen molar-refractivity contribution in [3.63, 3.8) is 0 Å². The van der Waals surface area contributed by atoms with Gasteiger partial charge < -0.3 is 9.80 Å². The number of nitriles is 2. The molecule has 1 saturated heterocycles. The Morgan fingerprint density at radius 2 is 1.90 bits per heavy atom. The smallest absolute Gasteiger partial charge is 0.351 e. The molecule has 0 bridgehead atoms. The van der Waals surface area contributed by atoms with Gasteiger partial charge in [-0.2, -0.15) is 10.5 Å². The van der Waals surface area contributed by atoms with Gasteiger partial charge in [0.1, 0.15) is 19.4 Å². The lowest BCUT2D eigenvalue weighted by molar-refractivity contribution is -0.383. The van der Waals surface area contributed by atoms with Crippen molar-refractivity contribution in [2.24, 2.45) is 0 Å². The van der Waals surface area contributed by atoms with Crippen molar-refractivity contribution in [1.29, 1.82) is 10.5 Å². The quantitative estimate of drug-likeness (QED) is 0.443. The normalized spacial score (nSPS) is 13.5. The average molecular weight is 287 g/mol. The summed E-state index contributed by atoms with van der Waals surface area (Å²) in [6.07, 6.45) is 3.14. The van der Waals surface area contributed by atoms with Crippen LogP contribution in [0.3, 0.4) is 0 Å². The molecule has 0 radical (unpaired) electrons. The fraction of sp³-hybridized carbons (Fsp3) is 0.500. The molecule has 0 unspecified atom stereocenters. The minimum Gasteiger partial charge on any atom is -0.351 e. The van der Waals surface area contributed by atoms with Gasteiger partial charge in [-0.25, -0.2) is 9.97 Å². The first-order chi connectivity index (χ1) is 10.2. The van der Waals surface area contributed by atoms with E-state index in [9.17, 15) is 10.1 Å². The Bertz CT molecular complexity index is 597. The second kappa shape index (κ2) is 6.48. The predicted molar refractivity (Wildman–Crippen MR) is 73.6 cm³/mol. The average Bonchev–Trinajstić information content (AvgIpc) is 3.00. The van der Waals surface area contributed by atoms with Crippen molar-refractivity contribution in [3.05, 3.63) is 16.4 Å². The topological polar surface area (TPSA) is 123 Å². The highest BCUT2D eigenvalue weighted by Crippen LogP contribution is 2.35. The maximum absolute atomic E-state index is 11.4. The fourth-order valence-corrected chi connectivity index (χ4v) is 2.29. The van der Waals surface area contributed by atoms with Gasteiger partial charge in [0.2, 0.25) is 11.6 Å². The van der Waals surface area contributed by atoms with Crippen LogP contribution in [0.2, 0.25) is 0 Å². The lowest BCUT2D eigenvalue weighted by atomic mass is 10.3. The highest BCUT2D eigenvalue weighted by molar-refractivity contribution is 5.71. The zero-order valence-corrected chi connectivity index (χ0v) is 11.3. The summed E-state index contributed by atoms with van der Waals surface area (Å²) in [4.78, 5) is 21.9. The molecular weight excluding hydrogens is 274 g/mol. The number of rotatable bonds is 5.